The van der Waals surface area contributed by atoms with Gasteiger partial charge in [-0.05, 0) is 55.0 Å². The molecule has 0 spiro atoms. The topological polar surface area (TPSA) is 89.5 Å². The van der Waals surface area contributed by atoms with Gasteiger partial charge in [-0.15, -0.1) is 9.78 Å². The van der Waals surface area contributed by atoms with Crippen molar-refractivity contribution >= 4 is 11.9 Å². The SMILES string of the molecule is CCCCCCC(OOC(=O)c1ccc(OC)cc1)OOC(=O)c1ccc(OC)cc1. The molecular weight excluding hydrogens is 404 g/mol. The lowest BCUT2D eigenvalue weighted by Gasteiger charge is -2.15. The zero-order valence-electron chi connectivity index (χ0n) is 18.0. The molecule has 0 heterocycles. The Morgan fingerprint density at radius 2 is 1.16 bits per heavy atom. The van der Waals surface area contributed by atoms with Gasteiger partial charge in [0.2, 0.25) is 6.29 Å². The van der Waals surface area contributed by atoms with Gasteiger partial charge in [0.05, 0.1) is 25.3 Å². The second kappa shape index (κ2) is 13.3. The Bertz CT molecular complexity index is 738. The molecule has 0 N–H and O–H groups in total. The molecule has 2 rings (SSSR count). The molecule has 31 heavy (non-hydrogen) atoms. The number of rotatable bonds is 13. The van der Waals surface area contributed by atoms with E-state index in [0.29, 0.717) is 17.9 Å². The molecule has 0 aliphatic rings. The fourth-order valence-corrected chi connectivity index (χ4v) is 2.60. The highest BCUT2D eigenvalue weighted by atomic mass is 17.3. The summed E-state index contributed by atoms with van der Waals surface area (Å²) in [5.74, 6) is -0.183. The van der Waals surface area contributed by atoms with E-state index in [-0.39, 0.29) is 11.1 Å². The summed E-state index contributed by atoms with van der Waals surface area (Å²) < 4.78 is 10.1. The van der Waals surface area contributed by atoms with E-state index in [4.69, 9.17) is 29.0 Å². The molecular formula is C23H28O8. The van der Waals surface area contributed by atoms with Gasteiger partial charge in [0, 0.05) is 6.42 Å². The van der Waals surface area contributed by atoms with Crippen molar-refractivity contribution in [3.63, 3.8) is 0 Å². The first kappa shape index (κ1) is 24.2. The highest BCUT2D eigenvalue weighted by Gasteiger charge is 2.19. The lowest BCUT2D eigenvalue weighted by molar-refractivity contribution is -0.421. The lowest BCUT2D eigenvalue weighted by atomic mass is 10.1. The molecule has 0 atom stereocenters. The number of methoxy groups -OCH3 is 2. The van der Waals surface area contributed by atoms with Crippen LogP contribution >= 0.6 is 0 Å². The molecule has 0 bridgehead atoms. The van der Waals surface area contributed by atoms with Crippen LogP contribution in [0.15, 0.2) is 48.5 Å². The molecule has 0 aliphatic heterocycles. The monoisotopic (exact) mass is 432 g/mol. The Balaban J connectivity index is 1.90. The maximum Gasteiger partial charge on any atom is 0.373 e. The maximum atomic E-state index is 12.2. The lowest BCUT2D eigenvalue weighted by Crippen LogP contribution is -2.22. The van der Waals surface area contributed by atoms with Gasteiger partial charge in [-0.25, -0.2) is 9.59 Å². The van der Waals surface area contributed by atoms with Crippen molar-refractivity contribution < 1.29 is 38.6 Å². The maximum absolute atomic E-state index is 12.2. The standard InChI is InChI=1S/C23H28O8/c1-4-5-6-7-8-21(28-30-22(24)17-9-13-19(26-2)14-10-17)29-31-23(25)18-11-15-20(27-3)16-12-18/h9-16,21H,4-8H2,1-3H3. The van der Waals surface area contributed by atoms with Crippen LogP contribution in [0.25, 0.3) is 0 Å². The van der Waals surface area contributed by atoms with Gasteiger partial charge in [-0.2, -0.15) is 0 Å². The number of carbonyl (C=O) groups excluding carboxylic acids is 2. The second-order valence-electron chi connectivity index (χ2n) is 6.67. The number of unbranched alkanes of at least 4 members (excludes halogenated alkanes) is 3. The van der Waals surface area contributed by atoms with Gasteiger partial charge in [0.1, 0.15) is 11.5 Å². The molecule has 8 heteroatoms. The molecule has 0 fully saturated rings. The first-order chi connectivity index (χ1) is 15.1. The third-order valence-corrected chi connectivity index (χ3v) is 4.41. The van der Waals surface area contributed by atoms with Gasteiger partial charge < -0.3 is 9.47 Å². The molecule has 0 saturated carbocycles. The number of ether oxygens (including phenoxy) is 2. The van der Waals surface area contributed by atoms with Crippen LogP contribution < -0.4 is 9.47 Å². The van der Waals surface area contributed by atoms with Gasteiger partial charge in [0.25, 0.3) is 0 Å². The molecule has 8 nitrogen and oxygen atoms in total. The minimum absolute atomic E-state index is 0.278. The first-order valence-corrected chi connectivity index (χ1v) is 10.1. The van der Waals surface area contributed by atoms with E-state index in [1.807, 2.05) is 0 Å². The third kappa shape index (κ3) is 8.27. The zero-order chi connectivity index (χ0) is 22.5. The van der Waals surface area contributed by atoms with Crippen molar-refractivity contribution in [3.05, 3.63) is 59.7 Å². The van der Waals surface area contributed by atoms with E-state index in [1.165, 1.54) is 14.2 Å². The summed E-state index contributed by atoms with van der Waals surface area (Å²) in [7, 11) is 3.06. The minimum atomic E-state index is -1.05. The van der Waals surface area contributed by atoms with Crippen LogP contribution in [-0.4, -0.2) is 32.4 Å². The predicted octanol–water partition coefficient (Wildman–Crippen LogP) is 4.88. The van der Waals surface area contributed by atoms with Crippen LogP contribution in [0.3, 0.4) is 0 Å². The fourth-order valence-electron chi connectivity index (χ4n) is 2.60. The fraction of sp³-hybridized carbons (Fsp3) is 0.391. The Kier molecular flexibility index (Phi) is 10.3. The van der Waals surface area contributed by atoms with Crippen molar-refractivity contribution in [3.8, 4) is 11.5 Å². The van der Waals surface area contributed by atoms with E-state index in [2.05, 4.69) is 6.92 Å². The van der Waals surface area contributed by atoms with Crippen LogP contribution in [-0.2, 0) is 19.6 Å². The molecule has 0 radical (unpaired) electrons. The number of hydrogen-bond donors (Lipinski definition) is 0. The van der Waals surface area contributed by atoms with Crippen molar-refractivity contribution in [1.29, 1.82) is 0 Å². The average molecular weight is 432 g/mol. The Labute approximate surface area is 181 Å². The van der Waals surface area contributed by atoms with Crippen LogP contribution in [0.5, 0.6) is 11.5 Å². The normalized spacial score (nSPS) is 10.6. The highest BCUT2D eigenvalue weighted by Crippen LogP contribution is 2.16. The quantitative estimate of drug-likeness (QED) is 0.192. The summed E-state index contributed by atoms with van der Waals surface area (Å²) >= 11 is 0. The molecule has 0 unspecified atom stereocenters. The van der Waals surface area contributed by atoms with Crippen molar-refractivity contribution in [2.45, 2.75) is 45.3 Å². The van der Waals surface area contributed by atoms with Crippen molar-refractivity contribution in [1.82, 2.24) is 0 Å². The molecule has 2 aromatic carbocycles. The van der Waals surface area contributed by atoms with Crippen molar-refractivity contribution in [2.75, 3.05) is 14.2 Å². The Morgan fingerprint density at radius 1 is 0.710 bits per heavy atom. The van der Waals surface area contributed by atoms with E-state index in [0.717, 1.165) is 25.7 Å². The van der Waals surface area contributed by atoms with Crippen molar-refractivity contribution in [2.24, 2.45) is 0 Å². The van der Waals surface area contributed by atoms with Crippen LogP contribution in [0.2, 0.25) is 0 Å². The zero-order valence-corrected chi connectivity index (χ0v) is 18.0. The van der Waals surface area contributed by atoms with Crippen LogP contribution in [0, 0.1) is 0 Å². The molecule has 2 aromatic rings. The summed E-state index contributed by atoms with van der Waals surface area (Å²) in [6.07, 6.45) is 3.12. The predicted molar refractivity (Wildman–Crippen MR) is 112 cm³/mol. The molecule has 0 saturated heterocycles. The van der Waals surface area contributed by atoms with Gasteiger partial charge in [0.15, 0.2) is 0 Å². The van der Waals surface area contributed by atoms with E-state index in [9.17, 15) is 9.59 Å². The first-order valence-electron chi connectivity index (χ1n) is 10.1. The third-order valence-electron chi connectivity index (χ3n) is 4.41. The summed E-state index contributed by atoms with van der Waals surface area (Å²) in [5, 5.41) is 0. The molecule has 0 aromatic heterocycles. The Hall–Kier alpha value is -3.10. The highest BCUT2D eigenvalue weighted by molar-refractivity contribution is 5.89. The van der Waals surface area contributed by atoms with E-state index < -0.39 is 18.2 Å². The summed E-state index contributed by atoms with van der Waals surface area (Å²) in [4.78, 5) is 44.4. The number of carbonyl (C=O) groups is 2. The van der Waals surface area contributed by atoms with Gasteiger partial charge >= 0.3 is 11.9 Å². The summed E-state index contributed by atoms with van der Waals surface area (Å²) in [6, 6.07) is 12.7. The van der Waals surface area contributed by atoms with Gasteiger partial charge in [-0.3, -0.25) is 9.78 Å². The second-order valence-corrected chi connectivity index (χ2v) is 6.67. The summed E-state index contributed by atoms with van der Waals surface area (Å²) in [5.41, 5.74) is 0.557. The minimum Gasteiger partial charge on any atom is -0.497 e. The summed E-state index contributed by atoms with van der Waals surface area (Å²) in [6.45, 7) is 2.09. The molecule has 168 valence electrons. The molecule has 0 aliphatic carbocycles. The smallest absolute Gasteiger partial charge is 0.373 e. The van der Waals surface area contributed by atoms with Gasteiger partial charge in [-0.1, -0.05) is 26.2 Å². The van der Waals surface area contributed by atoms with Crippen LogP contribution in [0.1, 0.15) is 59.7 Å². The van der Waals surface area contributed by atoms with E-state index >= 15 is 0 Å². The number of benzene rings is 2. The number of hydrogen-bond acceptors (Lipinski definition) is 8. The van der Waals surface area contributed by atoms with Crippen LogP contribution in [0.4, 0.5) is 0 Å². The average Bonchev–Trinajstić information content (AvgIpc) is 2.82. The Morgan fingerprint density at radius 3 is 1.55 bits per heavy atom. The molecule has 0 amide bonds. The largest absolute Gasteiger partial charge is 0.497 e. The van der Waals surface area contributed by atoms with E-state index in [1.54, 1.807) is 48.5 Å².